The van der Waals surface area contributed by atoms with E-state index in [1.807, 2.05) is 18.0 Å². The van der Waals surface area contributed by atoms with E-state index in [9.17, 15) is 4.79 Å². The smallest absolute Gasteiger partial charge is 0.303 e. The summed E-state index contributed by atoms with van der Waals surface area (Å²) in [5.41, 5.74) is 1.10. The minimum atomic E-state index is -0.754. The Labute approximate surface area is 113 Å². The monoisotopic (exact) mass is 263 g/mol. The molecule has 2 rings (SSSR count). The van der Waals surface area contributed by atoms with Crippen LogP contribution in [0.4, 0.5) is 5.82 Å². The van der Waals surface area contributed by atoms with Crippen LogP contribution in [0.15, 0.2) is 12.1 Å². The zero-order valence-corrected chi connectivity index (χ0v) is 11.4. The van der Waals surface area contributed by atoms with Gasteiger partial charge in [0.05, 0.1) is 5.69 Å². The van der Waals surface area contributed by atoms with Crippen LogP contribution in [0.25, 0.3) is 0 Å². The number of hydrogen-bond acceptors (Lipinski definition) is 4. The van der Waals surface area contributed by atoms with Crippen LogP contribution < -0.4 is 4.90 Å². The summed E-state index contributed by atoms with van der Waals surface area (Å²) < 4.78 is 0. The van der Waals surface area contributed by atoms with E-state index in [1.54, 1.807) is 0 Å². The quantitative estimate of drug-likeness (QED) is 0.853. The summed E-state index contributed by atoms with van der Waals surface area (Å²) in [5.74, 6) is 0.641. The maximum Gasteiger partial charge on any atom is 0.303 e. The molecule has 0 spiro atoms. The third kappa shape index (κ3) is 3.91. The number of aromatic nitrogens is 2. The van der Waals surface area contributed by atoms with Crippen molar-refractivity contribution in [3.05, 3.63) is 17.8 Å². The van der Waals surface area contributed by atoms with Crippen molar-refractivity contribution in [2.75, 3.05) is 18.5 Å². The molecule has 0 aromatic carbocycles. The second-order valence-electron chi connectivity index (χ2n) is 5.22. The number of carboxylic acid groups (broad SMARTS) is 1. The van der Waals surface area contributed by atoms with E-state index in [4.69, 9.17) is 5.11 Å². The van der Waals surface area contributed by atoms with Crippen LogP contribution in [0, 0.1) is 0 Å². The molecule has 1 N–H and O–H groups in total. The standard InChI is InChI=1S/C14H21N3O2/c1-17(10-4-7-14(18)19)13-9-8-12(15-16-13)11-5-2-3-6-11/h8-9,11H,2-7,10H2,1H3,(H,18,19). The lowest BCUT2D eigenvalue weighted by Crippen LogP contribution is -2.21. The van der Waals surface area contributed by atoms with Gasteiger partial charge in [0.1, 0.15) is 0 Å². The molecular weight excluding hydrogens is 242 g/mol. The largest absolute Gasteiger partial charge is 0.481 e. The van der Waals surface area contributed by atoms with Gasteiger partial charge in [0.2, 0.25) is 0 Å². The van der Waals surface area contributed by atoms with E-state index < -0.39 is 5.97 Å². The average Bonchev–Trinajstić information content (AvgIpc) is 2.92. The Kier molecular flexibility index (Phi) is 4.71. The third-order valence-corrected chi connectivity index (χ3v) is 3.72. The van der Waals surface area contributed by atoms with Crippen LogP contribution in [-0.2, 0) is 4.79 Å². The Balaban J connectivity index is 1.88. The molecule has 1 heterocycles. The SMILES string of the molecule is CN(CCCC(=O)O)c1ccc(C2CCCC2)nn1. The lowest BCUT2D eigenvalue weighted by molar-refractivity contribution is -0.137. The molecule has 0 amide bonds. The zero-order valence-electron chi connectivity index (χ0n) is 11.4. The predicted octanol–water partition coefficient (Wildman–Crippen LogP) is 2.44. The van der Waals surface area contributed by atoms with Gasteiger partial charge in [-0.25, -0.2) is 0 Å². The molecular formula is C14H21N3O2. The molecule has 1 aromatic rings. The highest BCUT2D eigenvalue weighted by Gasteiger charge is 2.18. The molecule has 0 atom stereocenters. The van der Waals surface area contributed by atoms with Crippen molar-refractivity contribution >= 4 is 11.8 Å². The summed E-state index contributed by atoms with van der Waals surface area (Å²) in [7, 11) is 1.92. The molecule has 1 aromatic heterocycles. The molecule has 19 heavy (non-hydrogen) atoms. The first-order valence-corrected chi connectivity index (χ1v) is 6.93. The van der Waals surface area contributed by atoms with E-state index in [1.165, 1.54) is 25.7 Å². The van der Waals surface area contributed by atoms with Crippen LogP contribution in [0.3, 0.4) is 0 Å². The van der Waals surface area contributed by atoms with Gasteiger partial charge in [0.15, 0.2) is 5.82 Å². The summed E-state index contributed by atoms with van der Waals surface area (Å²) in [4.78, 5) is 12.4. The van der Waals surface area contributed by atoms with Gasteiger partial charge in [-0.1, -0.05) is 12.8 Å². The maximum absolute atomic E-state index is 10.5. The van der Waals surface area contributed by atoms with Crippen molar-refractivity contribution in [2.24, 2.45) is 0 Å². The highest BCUT2D eigenvalue weighted by molar-refractivity contribution is 5.66. The second kappa shape index (κ2) is 6.50. The minimum absolute atomic E-state index is 0.192. The van der Waals surface area contributed by atoms with Gasteiger partial charge in [-0.05, 0) is 31.4 Å². The minimum Gasteiger partial charge on any atom is -0.481 e. The van der Waals surface area contributed by atoms with Crippen LogP contribution >= 0.6 is 0 Å². The number of nitrogens with zero attached hydrogens (tertiary/aromatic N) is 3. The number of aliphatic carboxylic acids is 1. The van der Waals surface area contributed by atoms with Gasteiger partial charge >= 0.3 is 5.97 Å². The molecule has 1 aliphatic carbocycles. The Hall–Kier alpha value is -1.65. The van der Waals surface area contributed by atoms with Gasteiger partial charge in [-0.3, -0.25) is 4.79 Å². The van der Waals surface area contributed by atoms with Gasteiger partial charge in [0, 0.05) is 25.9 Å². The number of rotatable bonds is 6. The molecule has 1 aliphatic rings. The van der Waals surface area contributed by atoms with E-state index >= 15 is 0 Å². The molecule has 104 valence electrons. The molecule has 5 nitrogen and oxygen atoms in total. The Morgan fingerprint density at radius 1 is 1.37 bits per heavy atom. The number of hydrogen-bond donors (Lipinski definition) is 1. The molecule has 1 fully saturated rings. The average molecular weight is 263 g/mol. The Morgan fingerprint density at radius 2 is 2.11 bits per heavy atom. The zero-order chi connectivity index (χ0) is 13.7. The lowest BCUT2D eigenvalue weighted by atomic mass is 10.0. The summed E-state index contributed by atoms with van der Waals surface area (Å²) in [6.07, 6.45) is 5.85. The molecule has 0 bridgehead atoms. The van der Waals surface area contributed by atoms with Crippen molar-refractivity contribution in [3.8, 4) is 0 Å². The summed E-state index contributed by atoms with van der Waals surface area (Å²) >= 11 is 0. The number of carboxylic acids is 1. The van der Waals surface area contributed by atoms with Gasteiger partial charge < -0.3 is 10.0 Å². The van der Waals surface area contributed by atoms with Crippen LogP contribution in [0.1, 0.15) is 50.1 Å². The van der Waals surface area contributed by atoms with Crippen molar-refractivity contribution < 1.29 is 9.90 Å². The highest BCUT2D eigenvalue weighted by Crippen LogP contribution is 2.32. The predicted molar refractivity (Wildman–Crippen MR) is 73.4 cm³/mol. The topological polar surface area (TPSA) is 66.3 Å². The second-order valence-corrected chi connectivity index (χ2v) is 5.22. The molecule has 5 heteroatoms. The van der Waals surface area contributed by atoms with Crippen molar-refractivity contribution in [2.45, 2.75) is 44.4 Å². The molecule has 1 saturated carbocycles. The van der Waals surface area contributed by atoms with Crippen LogP contribution in [0.2, 0.25) is 0 Å². The summed E-state index contributed by atoms with van der Waals surface area (Å²) in [5, 5.41) is 17.2. The van der Waals surface area contributed by atoms with E-state index in [2.05, 4.69) is 16.3 Å². The number of anilines is 1. The van der Waals surface area contributed by atoms with Gasteiger partial charge in [0.25, 0.3) is 0 Å². The van der Waals surface area contributed by atoms with Gasteiger partial charge in [-0.2, -0.15) is 5.10 Å². The fourth-order valence-corrected chi connectivity index (χ4v) is 2.56. The molecule has 0 aliphatic heterocycles. The van der Waals surface area contributed by atoms with E-state index in [-0.39, 0.29) is 6.42 Å². The fourth-order valence-electron chi connectivity index (χ4n) is 2.56. The van der Waals surface area contributed by atoms with Crippen molar-refractivity contribution in [1.82, 2.24) is 10.2 Å². The fraction of sp³-hybridized carbons (Fsp3) is 0.643. The normalized spacial score (nSPS) is 15.6. The van der Waals surface area contributed by atoms with Gasteiger partial charge in [-0.15, -0.1) is 5.10 Å². The first-order chi connectivity index (χ1) is 9.16. The molecule has 0 radical (unpaired) electrons. The molecule has 0 unspecified atom stereocenters. The first kappa shape index (κ1) is 13.8. The van der Waals surface area contributed by atoms with Crippen molar-refractivity contribution in [3.63, 3.8) is 0 Å². The maximum atomic E-state index is 10.5. The van der Waals surface area contributed by atoms with Crippen LogP contribution in [0.5, 0.6) is 0 Å². The molecule has 0 saturated heterocycles. The lowest BCUT2D eigenvalue weighted by Gasteiger charge is -2.17. The van der Waals surface area contributed by atoms with Crippen LogP contribution in [-0.4, -0.2) is 34.9 Å². The Morgan fingerprint density at radius 3 is 2.68 bits per heavy atom. The summed E-state index contributed by atoms with van der Waals surface area (Å²) in [6, 6.07) is 4.05. The van der Waals surface area contributed by atoms with Crippen molar-refractivity contribution in [1.29, 1.82) is 0 Å². The Bertz CT molecular complexity index is 413. The van der Waals surface area contributed by atoms with E-state index in [0.717, 1.165) is 11.5 Å². The van der Waals surface area contributed by atoms with E-state index in [0.29, 0.717) is 18.9 Å². The summed E-state index contributed by atoms with van der Waals surface area (Å²) in [6.45, 7) is 0.684. The number of carbonyl (C=O) groups is 1. The first-order valence-electron chi connectivity index (χ1n) is 6.93. The third-order valence-electron chi connectivity index (χ3n) is 3.72. The highest BCUT2D eigenvalue weighted by atomic mass is 16.4.